The summed E-state index contributed by atoms with van der Waals surface area (Å²) in [5, 5.41) is 2.91. The van der Waals surface area contributed by atoms with Crippen molar-refractivity contribution in [3.8, 4) is 5.75 Å². The van der Waals surface area contributed by atoms with Crippen molar-refractivity contribution in [1.29, 1.82) is 0 Å². The van der Waals surface area contributed by atoms with E-state index in [-0.39, 0.29) is 23.7 Å². The molecule has 3 rings (SSSR count). The first-order chi connectivity index (χ1) is 14.8. The van der Waals surface area contributed by atoms with Crippen molar-refractivity contribution in [2.75, 3.05) is 12.4 Å². The minimum atomic E-state index is -0.258. The maximum Gasteiger partial charge on any atom is 0.224 e. The van der Waals surface area contributed by atoms with Crippen LogP contribution in [0.5, 0.6) is 5.75 Å². The van der Waals surface area contributed by atoms with Gasteiger partial charge in [0.1, 0.15) is 5.75 Å². The Morgan fingerprint density at radius 3 is 2.68 bits per heavy atom. The second-order valence-electron chi connectivity index (χ2n) is 8.76. The van der Waals surface area contributed by atoms with Gasteiger partial charge in [-0.05, 0) is 56.5 Å². The highest BCUT2D eigenvalue weighted by atomic mass is 16.5. The van der Waals surface area contributed by atoms with Gasteiger partial charge in [-0.3, -0.25) is 14.6 Å². The normalized spacial score (nSPS) is 14.4. The summed E-state index contributed by atoms with van der Waals surface area (Å²) in [5.41, 5.74) is 3.90. The molecule has 0 aromatic heterocycles. The summed E-state index contributed by atoms with van der Waals surface area (Å²) in [4.78, 5) is 30.1. The Balaban J connectivity index is 1.77. The first-order valence-electron chi connectivity index (χ1n) is 11.0. The van der Waals surface area contributed by atoms with E-state index in [4.69, 9.17) is 9.73 Å². The monoisotopic (exact) mass is 420 g/mol. The van der Waals surface area contributed by atoms with E-state index in [1.807, 2.05) is 18.2 Å². The zero-order valence-electron chi connectivity index (χ0n) is 19.0. The number of methoxy groups -OCH3 is 1. The van der Waals surface area contributed by atoms with Crippen LogP contribution in [0.2, 0.25) is 0 Å². The summed E-state index contributed by atoms with van der Waals surface area (Å²) in [7, 11) is 1.64. The third kappa shape index (κ3) is 6.03. The molecule has 0 bridgehead atoms. The van der Waals surface area contributed by atoms with E-state index >= 15 is 0 Å². The zero-order valence-corrected chi connectivity index (χ0v) is 19.0. The van der Waals surface area contributed by atoms with Crippen LogP contribution in [0.3, 0.4) is 0 Å². The Labute approximate surface area is 184 Å². The van der Waals surface area contributed by atoms with Crippen molar-refractivity contribution in [3.63, 3.8) is 0 Å². The molecule has 1 aliphatic rings. The number of carbonyl (C=O) groups is 2. The summed E-state index contributed by atoms with van der Waals surface area (Å²) in [5.74, 6) is 0.719. The Bertz CT molecular complexity index is 992. The second kappa shape index (κ2) is 9.90. The topological polar surface area (TPSA) is 67.8 Å². The Kier molecular flexibility index (Phi) is 7.26. The molecule has 0 saturated carbocycles. The Hall–Kier alpha value is -2.95. The van der Waals surface area contributed by atoms with Gasteiger partial charge in [-0.1, -0.05) is 38.0 Å². The van der Waals surface area contributed by atoms with Crippen LogP contribution in [-0.2, 0) is 11.2 Å². The van der Waals surface area contributed by atoms with Crippen LogP contribution < -0.4 is 10.1 Å². The number of rotatable bonds is 9. The van der Waals surface area contributed by atoms with Gasteiger partial charge in [0.25, 0.3) is 0 Å². The summed E-state index contributed by atoms with van der Waals surface area (Å²) in [6.07, 6.45) is 4.51. The van der Waals surface area contributed by atoms with Crippen LogP contribution in [0.15, 0.2) is 47.5 Å². The van der Waals surface area contributed by atoms with Crippen LogP contribution in [-0.4, -0.2) is 30.1 Å². The molecule has 0 spiro atoms. The van der Waals surface area contributed by atoms with Crippen molar-refractivity contribution >= 4 is 23.1 Å². The lowest BCUT2D eigenvalue weighted by molar-refractivity contribution is -0.116. The maximum absolute atomic E-state index is 13.1. The van der Waals surface area contributed by atoms with Gasteiger partial charge in [-0.2, -0.15) is 0 Å². The quantitative estimate of drug-likeness (QED) is 0.423. The van der Waals surface area contributed by atoms with E-state index in [1.165, 1.54) is 5.56 Å². The van der Waals surface area contributed by atoms with Crippen LogP contribution in [0.1, 0.15) is 74.4 Å². The average molecular weight is 421 g/mol. The van der Waals surface area contributed by atoms with Gasteiger partial charge in [0.05, 0.1) is 24.8 Å². The molecule has 1 aliphatic heterocycles. The predicted molar refractivity (Wildman–Crippen MR) is 125 cm³/mol. The number of anilines is 1. The maximum atomic E-state index is 13.1. The van der Waals surface area contributed by atoms with Crippen LogP contribution in [0, 0.1) is 0 Å². The second-order valence-corrected chi connectivity index (χ2v) is 8.76. The first kappa shape index (κ1) is 22.7. The fourth-order valence-corrected chi connectivity index (χ4v) is 3.95. The number of ketones is 1. The van der Waals surface area contributed by atoms with Crippen LogP contribution in [0.4, 0.5) is 5.69 Å². The SMILES string of the molecule is CCCCCC(=O)Nc1cccc(C(=O)CC2=NC(C)(C)Cc3ccc(OC)cc32)c1. The molecule has 0 fully saturated rings. The van der Waals surface area contributed by atoms with E-state index in [0.29, 0.717) is 17.7 Å². The number of unbranched alkanes of at least 4 members (excludes halogenated alkanes) is 2. The predicted octanol–water partition coefficient (Wildman–Crippen LogP) is 5.61. The smallest absolute Gasteiger partial charge is 0.224 e. The highest BCUT2D eigenvalue weighted by molar-refractivity contribution is 6.17. The molecule has 5 nitrogen and oxygen atoms in total. The average Bonchev–Trinajstić information content (AvgIpc) is 2.73. The minimum absolute atomic E-state index is 0.0162. The zero-order chi connectivity index (χ0) is 22.4. The molecule has 0 saturated heterocycles. The molecule has 0 unspecified atom stereocenters. The number of Topliss-reactive ketones (excluding diaryl/α,β-unsaturated/α-hetero) is 1. The number of fused-ring (bicyclic) bond motifs is 1. The summed E-state index contributed by atoms with van der Waals surface area (Å²) >= 11 is 0. The number of hydrogen-bond donors (Lipinski definition) is 1. The van der Waals surface area contributed by atoms with Gasteiger partial charge in [0.2, 0.25) is 5.91 Å². The molecular weight excluding hydrogens is 388 g/mol. The van der Waals surface area contributed by atoms with E-state index in [1.54, 1.807) is 25.3 Å². The Morgan fingerprint density at radius 1 is 1.13 bits per heavy atom. The highest BCUT2D eigenvalue weighted by Crippen LogP contribution is 2.31. The van der Waals surface area contributed by atoms with Gasteiger partial charge >= 0.3 is 0 Å². The number of hydrogen-bond acceptors (Lipinski definition) is 4. The Morgan fingerprint density at radius 2 is 1.94 bits per heavy atom. The van der Waals surface area contributed by atoms with Crippen molar-refractivity contribution in [3.05, 3.63) is 59.2 Å². The molecule has 1 N–H and O–H groups in total. The van der Waals surface area contributed by atoms with Crippen molar-refractivity contribution in [1.82, 2.24) is 0 Å². The minimum Gasteiger partial charge on any atom is -0.497 e. The van der Waals surface area contributed by atoms with Gasteiger partial charge in [-0.25, -0.2) is 0 Å². The van der Waals surface area contributed by atoms with E-state index in [2.05, 4.69) is 32.2 Å². The number of amides is 1. The number of carbonyl (C=O) groups excluding carboxylic acids is 2. The number of ether oxygens (including phenoxy) is 1. The molecule has 31 heavy (non-hydrogen) atoms. The standard InChI is InChI=1S/C26H32N2O3/c1-5-6-7-11-25(30)27-20-10-8-9-18(14-20)24(29)16-23-22-15-21(31-4)13-12-19(22)17-26(2,3)28-23/h8-10,12-15H,5-7,11,16-17H2,1-4H3,(H,27,30). The highest BCUT2D eigenvalue weighted by Gasteiger charge is 2.28. The lowest BCUT2D eigenvalue weighted by Gasteiger charge is -2.29. The summed E-state index contributed by atoms with van der Waals surface area (Å²) in [6.45, 7) is 6.28. The summed E-state index contributed by atoms with van der Waals surface area (Å²) < 4.78 is 5.38. The number of nitrogens with zero attached hydrogens (tertiary/aromatic N) is 1. The molecule has 0 atom stereocenters. The van der Waals surface area contributed by atoms with Crippen molar-refractivity contribution in [2.45, 2.75) is 64.8 Å². The van der Waals surface area contributed by atoms with Gasteiger partial charge in [0.15, 0.2) is 5.78 Å². The van der Waals surface area contributed by atoms with Crippen LogP contribution >= 0.6 is 0 Å². The lowest BCUT2D eigenvalue weighted by atomic mass is 9.85. The third-order valence-corrected chi connectivity index (χ3v) is 5.49. The molecule has 164 valence electrons. The summed E-state index contributed by atoms with van der Waals surface area (Å²) in [6, 6.07) is 13.1. The number of benzene rings is 2. The van der Waals surface area contributed by atoms with Crippen molar-refractivity contribution < 1.29 is 14.3 Å². The van der Waals surface area contributed by atoms with E-state index in [0.717, 1.165) is 42.7 Å². The van der Waals surface area contributed by atoms with Crippen molar-refractivity contribution in [2.24, 2.45) is 4.99 Å². The molecule has 0 aliphatic carbocycles. The first-order valence-corrected chi connectivity index (χ1v) is 11.0. The fraction of sp³-hybridized carbons (Fsp3) is 0.423. The fourth-order valence-electron chi connectivity index (χ4n) is 3.95. The number of aliphatic imine (C=N–C) groups is 1. The molecule has 2 aromatic carbocycles. The van der Waals surface area contributed by atoms with E-state index in [9.17, 15) is 9.59 Å². The molecular formula is C26H32N2O3. The number of nitrogens with one attached hydrogen (secondary N) is 1. The third-order valence-electron chi connectivity index (χ3n) is 5.49. The van der Waals surface area contributed by atoms with Gasteiger partial charge in [0, 0.05) is 23.2 Å². The molecule has 1 amide bonds. The van der Waals surface area contributed by atoms with Crippen LogP contribution in [0.25, 0.3) is 0 Å². The molecule has 5 heteroatoms. The van der Waals surface area contributed by atoms with Gasteiger partial charge in [-0.15, -0.1) is 0 Å². The molecule has 1 heterocycles. The van der Waals surface area contributed by atoms with E-state index < -0.39 is 0 Å². The largest absolute Gasteiger partial charge is 0.497 e. The molecule has 2 aromatic rings. The van der Waals surface area contributed by atoms with Gasteiger partial charge < -0.3 is 10.1 Å². The molecule has 0 radical (unpaired) electrons. The lowest BCUT2D eigenvalue weighted by Crippen LogP contribution is -2.30.